The van der Waals surface area contributed by atoms with Crippen LogP contribution in [-0.4, -0.2) is 24.0 Å². The standard InChI is InChI=1S/C15H21N3O2/c1-5-11-6-13(18(2)17-11)10-16-12-7-14(19-3)9-15(8-12)20-4/h6-9,16H,5,10H2,1-4H3. The van der Waals surface area contributed by atoms with Gasteiger partial charge < -0.3 is 14.8 Å². The second-order valence-corrected chi connectivity index (χ2v) is 4.56. The molecule has 2 rings (SSSR count). The Kier molecular flexibility index (Phi) is 4.50. The maximum Gasteiger partial charge on any atom is 0.124 e. The molecule has 5 heteroatoms. The smallest absolute Gasteiger partial charge is 0.124 e. The zero-order chi connectivity index (χ0) is 14.5. The predicted octanol–water partition coefficient (Wildman–Crippen LogP) is 2.61. The molecule has 2 aromatic rings. The quantitative estimate of drug-likeness (QED) is 0.880. The number of anilines is 1. The third-order valence-corrected chi connectivity index (χ3v) is 3.21. The van der Waals surface area contributed by atoms with E-state index in [1.807, 2.05) is 29.9 Å². The van der Waals surface area contributed by atoms with Crippen molar-refractivity contribution in [3.05, 3.63) is 35.7 Å². The third-order valence-electron chi connectivity index (χ3n) is 3.21. The average molecular weight is 275 g/mol. The molecule has 0 amide bonds. The fraction of sp³-hybridized carbons (Fsp3) is 0.400. The predicted molar refractivity (Wildman–Crippen MR) is 79.5 cm³/mol. The molecule has 0 atom stereocenters. The van der Waals surface area contributed by atoms with E-state index in [4.69, 9.17) is 9.47 Å². The Morgan fingerprint density at radius 2 is 1.75 bits per heavy atom. The van der Waals surface area contributed by atoms with Gasteiger partial charge in [-0.1, -0.05) is 6.92 Å². The van der Waals surface area contributed by atoms with Crippen molar-refractivity contribution in [3.63, 3.8) is 0 Å². The van der Waals surface area contributed by atoms with Gasteiger partial charge in [-0.2, -0.15) is 5.10 Å². The number of aryl methyl sites for hydroxylation is 2. The minimum absolute atomic E-state index is 0.708. The van der Waals surface area contributed by atoms with Crippen molar-refractivity contribution < 1.29 is 9.47 Å². The molecule has 0 bridgehead atoms. The summed E-state index contributed by atoms with van der Waals surface area (Å²) in [5.74, 6) is 1.54. The van der Waals surface area contributed by atoms with Crippen molar-refractivity contribution >= 4 is 5.69 Å². The molecule has 0 saturated carbocycles. The van der Waals surface area contributed by atoms with Gasteiger partial charge in [0.1, 0.15) is 11.5 Å². The van der Waals surface area contributed by atoms with E-state index in [1.54, 1.807) is 14.2 Å². The zero-order valence-electron chi connectivity index (χ0n) is 12.4. The monoisotopic (exact) mass is 275 g/mol. The Bertz CT molecular complexity index is 556. The Morgan fingerprint density at radius 3 is 2.25 bits per heavy atom. The molecule has 1 N–H and O–H groups in total. The molecule has 1 aromatic heterocycles. The Balaban J connectivity index is 2.11. The first-order chi connectivity index (χ1) is 9.66. The van der Waals surface area contributed by atoms with Gasteiger partial charge in [-0.05, 0) is 12.5 Å². The number of methoxy groups -OCH3 is 2. The minimum Gasteiger partial charge on any atom is -0.497 e. The minimum atomic E-state index is 0.708. The zero-order valence-corrected chi connectivity index (χ0v) is 12.4. The third kappa shape index (κ3) is 3.23. The SMILES string of the molecule is CCc1cc(CNc2cc(OC)cc(OC)c2)n(C)n1. The lowest BCUT2D eigenvalue weighted by Crippen LogP contribution is -2.05. The Hall–Kier alpha value is -2.17. The van der Waals surface area contributed by atoms with Crippen LogP contribution in [0.5, 0.6) is 11.5 Å². The largest absolute Gasteiger partial charge is 0.497 e. The molecule has 108 valence electrons. The maximum absolute atomic E-state index is 5.26. The van der Waals surface area contributed by atoms with Crippen LogP contribution in [-0.2, 0) is 20.0 Å². The molecule has 0 unspecified atom stereocenters. The Morgan fingerprint density at radius 1 is 1.10 bits per heavy atom. The van der Waals surface area contributed by atoms with Crippen LogP contribution in [0.1, 0.15) is 18.3 Å². The van der Waals surface area contributed by atoms with E-state index in [0.29, 0.717) is 6.54 Å². The number of rotatable bonds is 6. The van der Waals surface area contributed by atoms with E-state index < -0.39 is 0 Å². The van der Waals surface area contributed by atoms with E-state index in [1.165, 1.54) is 0 Å². The summed E-state index contributed by atoms with van der Waals surface area (Å²) in [5, 5.41) is 7.80. The lowest BCUT2D eigenvalue weighted by atomic mass is 10.2. The van der Waals surface area contributed by atoms with Crippen molar-refractivity contribution in [1.82, 2.24) is 9.78 Å². The number of hydrogen-bond acceptors (Lipinski definition) is 4. The summed E-state index contributed by atoms with van der Waals surface area (Å²) in [6.07, 6.45) is 0.945. The molecular formula is C15H21N3O2. The average Bonchev–Trinajstić information content (AvgIpc) is 2.85. The van der Waals surface area contributed by atoms with Gasteiger partial charge in [0.25, 0.3) is 0 Å². The van der Waals surface area contributed by atoms with Crippen LogP contribution >= 0.6 is 0 Å². The van der Waals surface area contributed by atoms with Crippen molar-refractivity contribution in [2.45, 2.75) is 19.9 Å². The molecule has 5 nitrogen and oxygen atoms in total. The molecule has 0 saturated heterocycles. The van der Waals surface area contributed by atoms with Gasteiger partial charge >= 0.3 is 0 Å². The molecular weight excluding hydrogens is 254 g/mol. The molecule has 1 heterocycles. The maximum atomic E-state index is 5.26. The van der Waals surface area contributed by atoms with Gasteiger partial charge in [0, 0.05) is 30.9 Å². The molecule has 20 heavy (non-hydrogen) atoms. The molecule has 0 spiro atoms. The highest BCUT2D eigenvalue weighted by molar-refractivity contribution is 5.53. The summed E-state index contributed by atoms with van der Waals surface area (Å²) in [6, 6.07) is 7.86. The fourth-order valence-electron chi connectivity index (χ4n) is 2.01. The van der Waals surface area contributed by atoms with Crippen molar-refractivity contribution in [2.75, 3.05) is 19.5 Å². The van der Waals surface area contributed by atoms with E-state index in [9.17, 15) is 0 Å². The highest BCUT2D eigenvalue weighted by atomic mass is 16.5. The highest BCUT2D eigenvalue weighted by Crippen LogP contribution is 2.26. The van der Waals surface area contributed by atoms with Crippen LogP contribution in [0.15, 0.2) is 24.3 Å². The molecule has 0 fully saturated rings. The van der Waals surface area contributed by atoms with E-state index in [2.05, 4.69) is 23.4 Å². The fourth-order valence-corrected chi connectivity index (χ4v) is 2.01. The summed E-state index contributed by atoms with van der Waals surface area (Å²) in [7, 11) is 5.25. The van der Waals surface area contributed by atoms with Crippen LogP contribution in [0.2, 0.25) is 0 Å². The van der Waals surface area contributed by atoms with E-state index >= 15 is 0 Å². The number of benzene rings is 1. The summed E-state index contributed by atoms with van der Waals surface area (Å²) in [4.78, 5) is 0. The first-order valence-electron chi connectivity index (χ1n) is 6.65. The van der Waals surface area contributed by atoms with Gasteiger partial charge in [-0.3, -0.25) is 4.68 Å². The van der Waals surface area contributed by atoms with Gasteiger partial charge in [-0.15, -0.1) is 0 Å². The number of nitrogens with one attached hydrogen (secondary N) is 1. The Labute approximate surface area is 119 Å². The van der Waals surface area contributed by atoms with Crippen molar-refractivity contribution in [2.24, 2.45) is 7.05 Å². The van der Waals surface area contributed by atoms with Gasteiger partial charge in [-0.25, -0.2) is 0 Å². The summed E-state index contributed by atoms with van der Waals surface area (Å²) < 4.78 is 12.4. The van der Waals surface area contributed by atoms with E-state index in [0.717, 1.165) is 35.0 Å². The van der Waals surface area contributed by atoms with Gasteiger partial charge in [0.2, 0.25) is 0 Å². The second-order valence-electron chi connectivity index (χ2n) is 4.56. The van der Waals surface area contributed by atoms with Crippen LogP contribution in [0, 0.1) is 0 Å². The second kappa shape index (κ2) is 6.32. The van der Waals surface area contributed by atoms with E-state index in [-0.39, 0.29) is 0 Å². The normalized spacial score (nSPS) is 10.4. The molecule has 0 radical (unpaired) electrons. The van der Waals surface area contributed by atoms with Crippen LogP contribution < -0.4 is 14.8 Å². The summed E-state index contributed by atoms with van der Waals surface area (Å²) in [5.41, 5.74) is 3.21. The topological polar surface area (TPSA) is 48.3 Å². The van der Waals surface area contributed by atoms with Gasteiger partial charge in [0.15, 0.2) is 0 Å². The summed E-state index contributed by atoms with van der Waals surface area (Å²) in [6.45, 7) is 2.81. The van der Waals surface area contributed by atoms with Crippen LogP contribution in [0.25, 0.3) is 0 Å². The highest BCUT2D eigenvalue weighted by Gasteiger charge is 2.05. The van der Waals surface area contributed by atoms with Crippen molar-refractivity contribution in [1.29, 1.82) is 0 Å². The number of aromatic nitrogens is 2. The lowest BCUT2D eigenvalue weighted by Gasteiger charge is -2.10. The van der Waals surface area contributed by atoms with Crippen LogP contribution in [0.3, 0.4) is 0 Å². The van der Waals surface area contributed by atoms with Crippen LogP contribution in [0.4, 0.5) is 5.69 Å². The molecule has 1 aromatic carbocycles. The number of hydrogen-bond donors (Lipinski definition) is 1. The van der Waals surface area contributed by atoms with Gasteiger partial charge in [0.05, 0.1) is 32.2 Å². The number of nitrogens with zero attached hydrogens (tertiary/aromatic N) is 2. The first-order valence-corrected chi connectivity index (χ1v) is 6.65. The lowest BCUT2D eigenvalue weighted by molar-refractivity contribution is 0.394. The summed E-state index contributed by atoms with van der Waals surface area (Å²) >= 11 is 0. The molecule has 0 aliphatic carbocycles. The molecule has 0 aliphatic heterocycles. The first kappa shape index (κ1) is 14.2. The molecule has 0 aliphatic rings. The number of ether oxygens (including phenoxy) is 2. The van der Waals surface area contributed by atoms with Crippen molar-refractivity contribution in [3.8, 4) is 11.5 Å².